The van der Waals surface area contributed by atoms with E-state index in [-0.39, 0.29) is 5.82 Å². The van der Waals surface area contributed by atoms with Gasteiger partial charge in [-0.3, -0.25) is 0 Å². The first-order valence-corrected chi connectivity index (χ1v) is 7.06. The molecule has 0 bridgehead atoms. The highest BCUT2D eigenvalue weighted by Crippen LogP contribution is 2.25. The highest BCUT2D eigenvalue weighted by atomic mass is 19.1. The molecule has 0 amide bonds. The van der Waals surface area contributed by atoms with Crippen molar-refractivity contribution in [1.29, 1.82) is 0 Å². The summed E-state index contributed by atoms with van der Waals surface area (Å²) in [6, 6.07) is 6.33. The summed E-state index contributed by atoms with van der Waals surface area (Å²) in [4.78, 5) is 4.58. The van der Waals surface area contributed by atoms with Crippen LogP contribution in [0.1, 0.15) is 30.4 Å². The fourth-order valence-corrected chi connectivity index (χ4v) is 2.53. The highest BCUT2D eigenvalue weighted by Gasteiger charge is 2.22. The highest BCUT2D eigenvalue weighted by molar-refractivity contribution is 5.32. The van der Waals surface area contributed by atoms with E-state index < -0.39 is 0 Å². The Balaban J connectivity index is 1.96. The lowest BCUT2D eigenvalue weighted by atomic mass is 10.00. The average molecular weight is 291 g/mol. The van der Waals surface area contributed by atoms with Gasteiger partial charge in [-0.1, -0.05) is 6.07 Å². The first-order valence-electron chi connectivity index (χ1n) is 7.06. The second-order valence-corrected chi connectivity index (χ2v) is 5.10. The van der Waals surface area contributed by atoms with Crippen LogP contribution in [-0.2, 0) is 16.1 Å². The Kier molecular flexibility index (Phi) is 4.26. The van der Waals surface area contributed by atoms with Gasteiger partial charge in [0.25, 0.3) is 0 Å². The van der Waals surface area contributed by atoms with Crippen LogP contribution in [-0.4, -0.2) is 35.1 Å². The van der Waals surface area contributed by atoms with Gasteiger partial charge >= 0.3 is 0 Å². The van der Waals surface area contributed by atoms with Crippen LogP contribution in [0, 0.1) is 5.82 Å². The van der Waals surface area contributed by atoms with Gasteiger partial charge in [0.05, 0.1) is 5.69 Å². The monoisotopic (exact) mass is 291 g/mol. The maximum Gasteiger partial charge on any atom is 0.158 e. The van der Waals surface area contributed by atoms with E-state index in [0.29, 0.717) is 24.0 Å². The second kappa shape index (κ2) is 6.32. The summed E-state index contributed by atoms with van der Waals surface area (Å²) in [5.74, 6) is 1.47. The molecule has 0 atom stereocenters. The Morgan fingerprint density at radius 2 is 2.19 bits per heavy atom. The van der Waals surface area contributed by atoms with Crippen molar-refractivity contribution in [2.75, 3.05) is 20.3 Å². The fourth-order valence-electron chi connectivity index (χ4n) is 2.53. The van der Waals surface area contributed by atoms with Gasteiger partial charge in [-0.2, -0.15) is 5.10 Å². The van der Waals surface area contributed by atoms with Crippen molar-refractivity contribution >= 4 is 0 Å². The van der Waals surface area contributed by atoms with E-state index >= 15 is 0 Å². The summed E-state index contributed by atoms with van der Waals surface area (Å²) >= 11 is 0. The van der Waals surface area contributed by atoms with Crippen LogP contribution < -0.4 is 0 Å². The second-order valence-electron chi connectivity index (χ2n) is 5.10. The van der Waals surface area contributed by atoms with Crippen LogP contribution in [0.25, 0.3) is 5.69 Å². The molecule has 1 aliphatic heterocycles. The molecular formula is C15H18FN3O2. The number of methoxy groups -OCH3 is 1. The maximum atomic E-state index is 13.4. The van der Waals surface area contributed by atoms with Gasteiger partial charge in [-0.15, -0.1) is 0 Å². The van der Waals surface area contributed by atoms with Crippen LogP contribution in [0.3, 0.4) is 0 Å². The summed E-state index contributed by atoms with van der Waals surface area (Å²) in [5.41, 5.74) is 0.660. The van der Waals surface area contributed by atoms with Gasteiger partial charge in [0, 0.05) is 26.2 Å². The lowest BCUT2D eigenvalue weighted by molar-refractivity contribution is 0.0835. The molecule has 1 fully saturated rings. The Labute approximate surface area is 122 Å². The van der Waals surface area contributed by atoms with Crippen molar-refractivity contribution in [3.05, 3.63) is 41.7 Å². The molecule has 1 aromatic carbocycles. The normalized spacial score (nSPS) is 16.3. The standard InChI is InChI=1S/C15H18FN3O2/c1-20-10-14-17-15(11-5-7-21-8-6-11)18-19(14)13-4-2-3-12(16)9-13/h2-4,9,11H,5-8,10H2,1H3. The van der Waals surface area contributed by atoms with E-state index in [1.54, 1.807) is 17.9 Å². The van der Waals surface area contributed by atoms with Gasteiger partial charge in [-0.05, 0) is 31.0 Å². The summed E-state index contributed by atoms with van der Waals surface area (Å²) in [6.07, 6.45) is 1.83. The molecule has 2 heterocycles. The predicted octanol–water partition coefficient (Wildman–Crippen LogP) is 2.45. The first-order chi connectivity index (χ1) is 10.3. The van der Waals surface area contributed by atoms with Gasteiger partial charge in [-0.25, -0.2) is 14.1 Å². The third kappa shape index (κ3) is 3.11. The summed E-state index contributed by atoms with van der Waals surface area (Å²) < 4.78 is 25.6. The van der Waals surface area contributed by atoms with Crippen molar-refractivity contribution in [2.45, 2.75) is 25.4 Å². The maximum absolute atomic E-state index is 13.4. The minimum Gasteiger partial charge on any atom is -0.381 e. The molecule has 0 spiro atoms. The molecule has 21 heavy (non-hydrogen) atoms. The molecule has 0 radical (unpaired) electrons. The van der Waals surface area contributed by atoms with Crippen LogP contribution in [0.5, 0.6) is 0 Å². The molecule has 1 aliphatic rings. The Morgan fingerprint density at radius 3 is 2.90 bits per heavy atom. The Morgan fingerprint density at radius 1 is 1.38 bits per heavy atom. The number of benzene rings is 1. The van der Waals surface area contributed by atoms with Crippen LogP contribution in [0.15, 0.2) is 24.3 Å². The van der Waals surface area contributed by atoms with Gasteiger partial charge < -0.3 is 9.47 Å². The smallest absolute Gasteiger partial charge is 0.158 e. The largest absolute Gasteiger partial charge is 0.381 e. The number of rotatable bonds is 4. The number of nitrogens with zero attached hydrogens (tertiary/aromatic N) is 3. The molecular weight excluding hydrogens is 273 g/mol. The lowest BCUT2D eigenvalue weighted by Crippen LogP contribution is -2.15. The zero-order valence-electron chi connectivity index (χ0n) is 12.0. The van der Waals surface area contributed by atoms with E-state index in [9.17, 15) is 4.39 Å². The minimum absolute atomic E-state index is 0.293. The van der Waals surface area contributed by atoms with E-state index in [0.717, 1.165) is 31.9 Å². The molecule has 1 aromatic heterocycles. The fraction of sp³-hybridized carbons (Fsp3) is 0.467. The topological polar surface area (TPSA) is 49.2 Å². The Hall–Kier alpha value is -1.79. The average Bonchev–Trinajstić information content (AvgIpc) is 2.93. The predicted molar refractivity (Wildman–Crippen MR) is 74.8 cm³/mol. The van der Waals surface area contributed by atoms with E-state index in [1.807, 2.05) is 6.07 Å². The molecule has 1 saturated heterocycles. The number of ether oxygens (including phenoxy) is 2. The SMILES string of the molecule is COCc1nc(C2CCOCC2)nn1-c1cccc(F)c1. The first kappa shape index (κ1) is 14.2. The quantitative estimate of drug-likeness (QED) is 0.868. The minimum atomic E-state index is -0.293. The molecule has 112 valence electrons. The van der Waals surface area contributed by atoms with E-state index in [4.69, 9.17) is 9.47 Å². The van der Waals surface area contributed by atoms with E-state index in [1.165, 1.54) is 12.1 Å². The lowest BCUT2D eigenvalue weighted by Gasteiger charge is -2.18. The van der Waals surface area contributed by atoms with Gasteiger partial charge in [0.1, 0.15) is 12.4 Å². The van der Waals surface area contributed by atoms with Crippen molar-refractivity contribution in [1.82, 2.24) is 14.8 Å². The van der Waals surface area contributed by atoms with Gasteiger partial charge in [0.15, 0.2) is 11.6 Å². The van der Waals surface area contributed by atoms with Gasteiger partial charge in [0.2, 0.25) is 0 Å². The number of halogens is 1. The Bertz CT molecular complexity index is 609. The molecule has 0 N–H and O–H groups in total. The summed E-state index contributed by atoms with van der Waals surface area (Å²) in [7, 11) is 1.61. The number of aromatic nitrogens is 3. The molecule has 0 unspecified atom stereocenters. The molecule has 0 aliphatic carbocycles. The van der Waals surface area contributed by atoms with Crippen molar-refractivity contribution in [3.8, 4) is 5.69 Å². The molecule has 2 aromatic rings. The molecule has 5 nitrogen and oxygen atoms in total. The van der Waals surface area contributed by atoms with Crippen molar-refractivity contribution in [3.63, 3.8) is 0 Å². The van der Waals surface area contributed by atoms with Crippen LogP contribution >= 0.6 is 0 Å². The molecule has 0 saturated carbocycles. The summed E-state index contributed by atoms with van der Waals surface area (Å²) in [5, 5.41) is 4.57. The molecule has 3 rings (SSSR count). The number of hydrogen-bond acceptors (Lipinski definition) is 4. The third-order valence-corrected chi connectivity index (χ3v) is 3.60. The third-order valence-electron chi connectivity index (χ3n) is 3.60. The summed E-state index contributed by atoms with van der Waals surface area (Å²) in [6.45, 7) is 1.81. The van der Waals surface area contributed by atoms with Crippen molar-refractivity contribution < 1.29 is 13.9 Å². The molecule has 6 heteroatoms. The van der Waals surface area contributed by atoms with Crippen LogP contribution in [0.2, 0.25) is 0 Å². The zero-order valence-corrected chi connectivity index (χ0v) is 12.0. The number of hydrogen-bond donors (Lipinski definition) is 0. The van der Waals surface area contributed by atoms with Crippen LogP contribution in [0.4, 0.5) is 4.39 Å². The van der Waals surface area contributed by atoms with E-state index in [2.05, 4.69) is 10.1 Å². The van der Waals surface area contributed by atoms with Crippen molar-refractivity contribution in [2.24, 2.45) is 0 Å². The zero-order chi connectivity index (χ0) is 14.7.